The zero-order valence-corrected chi connectivity index (χ0v) is 15.6. The summed E-state index contributed by atoms with van der Waals surface area (Å²) in [7, 11) is -3.65. The summed E-state index contributed by atoms with van der Waals surface area (Å²) in [6.07, 6.45) is 2.33. The minimum atomic E-state index is -3.65. The van der Waals surface area contributed by atoms with Gasteiger partial charge in [-0.15, -0.1) is 0 Å². The number of aromatic hydroxyl groups is 1. The molecule has 7 nitrogen and oxygen atoms in total. The Hall–Kier alpha value is -2.87. The number of sulfonamides is 1. The minimum Gasteiger partial charge on any atom is -0.507 e. The largest absolute Gasteiger partial charge is 0.507 e. The number of carbonyl (C=O) groups excluding carboxylic acids is 1. The van der Waals surface area contributed by atoms with Gasteiger partial charge in [0.25, 0.3) is 5.91 Å². The number of anilines is 1. The van der Waals surface area contributed by atoms with Gasteiger partial charge in [-0.1, -0.05) is 18.2 Å². The van der Waals surface area contributed by atoms with Gasteiger partial charge in [0.2, 0.25) is 10.0 Å². The van der Waals surface area contributed by atoms with Gasteiger partial charge in [-0.3, -0.25) is 9.10 Å². The fourth-order valence-corrected chi connectivity index (χ4v) is 3.07. The van der Waals surface area contributed by atoms with Crippen molar-refractivity contribution >= 4 is 27.8 Å². The molecular weight excluding hydrogens is 354 g/mol. The molecule has 0 saturated heterocycles. The summed E-state index contributed by atoms with van der Waals surface area (Å²) in [4.78, 5) is 12.1. The van der Waals surface area contributed by atoms with Crippen LogP contribution >= 0.6 is 0 Å². The van der Waals surface area contributed by atoms with Gasteiger partial charge in [-0.2, -0.15) is 5.10 Å². The second-order valence-corrected chi connectivity index (χ2v) is 7.80. The first kappa shape index (κ1) is 19.5. The average Bonchev–Trinajstić information content (AvgIpc) is 2.56. The zero-order valence-electron chi connectivity index (χ0n) is 14.8. The third-order valence-electron chi connectivity index (χ3n) is 3.80. The number of amides is 1. The minimum absolute atomic E-state index is 0.0263. The number of hydrogen-bond donors (Lipinski definition) is 2. The fourth-order valence-electron chi connectivity index (χ4n) is 2.22. The van der Waals surface area contributed by atoms with E-state index in [-0.39, 0.29) is 5.75 Å². The number of benzene rings is 2. The Morgan fingerprint density at radius 1 is 1.19 bits per heavy atom. The molecule has 2 N–H and O–H groups in total. The van der Waals surface area contributed by atoms with E-state index in [1.807, 2.05) is 13.8 Å². The van der Waals surface area contributed by atoms with Gasteiger partial charge in [0.15, 0.2) is 0 Å². The molecule has 0 bridgehead atoms. The Balaban J connectivity index is 2.12. The van der Waals surface area contributed by atoms with Crippen LogP contribution < -0.4 is 9.73 Å². The van der Waals surface area contributed by atoms with Crippen LogP contribution in [0.1, 0.15) is 16.7 Å². The van der Waals surface area contributed by atoms with E-state index >= 15 is 0 Å². The van der Waals surface area contributed by atoms with E-state index in [0.29, 0.717) is 11.3 Å². The molecule has 0 atom stereocenters. The maximum atomic E-state index is 12.1. The zero-order chi connectivity index (χ0) is 19.3. The summed E-state index contributed by atoms with van der Waals surface area (Å²) in [5.74, 6) is -0.571. The van der Waals surface area contributed by atoms with Gasteiger partial charge in [-0.05, 0) is 49.2 Å². The van der Waals surface area contributed by atoms with E-state index in [9.17, 15) is 18.3 Å². The number of aryl methyl sites for hydroxylation is 2. The first-order valence-electron chi connectivity index (χ1n) is 7.83. The highest BCUT2D eigenvalue weighted by Gasteiger charge is 2.21. The Labute approximate surface area is 153 Å². The molecule has 2 aromatic carbocycles. The Morgan fingerprint density at radius 3 is 2.50 bits per heavy atom. The second-order valence-electron chi connectivity index (χ2n) is 5.89. The Kier molecular flexibility index (Phi) is 5.99. The summed E-state index contributed by atoms with van der Waals surface area (Å²) in [5.41, 5.74) is 5.07. The van der Waals surface area contributed by atoms with Crippen molar-refractivity contribution in [3.8, 4) is 5.75 Å². The van der Waals surface area contributed by atoms with Crippen molar-refractivity contribution in [3.63, 3.8) is 0 Å². The van der Waals surface area contributed by atoms with E-state index in [1.165, 1.54) is 12.3 Å². The van der Waals surface area contributed by atoms with Crippen LogP contribution in [0.4, 0.5) is 5.69 Å². The van der Waals surface area contributed by atoms with Crippen molar-refractivity contribution < 1.29 is 18.3 Å². The number of rotatable bonds is 6. The van der Waals surface area contributed by atoms with E-state index in [1.54, 1.807) is 36.4 Å². The number of nitrogens with one attached hydrogen (secondary N) is 1. The molecule has 2 rings (SSSR count). The Bertz CT molecular complexity index is 939. The van der Waals surface area contributed by atoms with Crippen LogP contribution in [0.15, 0.2) is 47.6 Å². The molecule has 0 aliphatic rings. The normalized spacial score (nSPS) is 11.5. The van der Waals surface area contributed by atoms with Gasteiger partial charge in [0.05, 0.1) is 18.2 Å². The van der Waals surface area contributed by atoms with Crippen LogP contribution in [-0.2, 0) is 14.8 Å². The van der Waals surface area contributed by atoms with Gasteiger partial charge < -0.3 is 5.11 Å². The van der Waals surface area contributed by atoms with E-state index in [2.05, 4.69) is 10.5 Å². The molecule has 0 unspecified atom stereocenters. The van der Waals surface area contributed by atoms with Crippen LogP contribution in [0.3, 0.4) is 0 Å². The third kappa shape index (κ3) is 5.06. The summed E-state index contributed by atoms with van der Waals surface area (Å²) >= 11 is 0. The lowest BCUT2D eigenvalue weighted by molar-refractivity contribution is -0.119. The lowest BCUT2D eigenvalue weighted by Crippen LogP contribution is -2.39. The maximum Gasteiger partial charge on any atom is 0.260 e. The van der Waals surface area contributed by atoms with Crippen molar-refractivity contribution in [1.82, 2.24) is 5.43 Å². The molecule has 0 aliphatic heterocycles. The van der Waals surface area contributed by atoms with Crippen LogP contribution in [-0.4, -0.2) is 38.4 Å². The molecule has 1 amide bonds. The molecule has 0 aromatic heterocycles. The average molecular weight is 375 g/mol. The molecule has 138 valence electrons. The SMILES string of the molecule is Cc1ccc(N(CC(=O)N/N=C\c2ccccc2O)S(C)(=O)=O)cc1C. The number of phenols is 1. The fraction of sp³-hybridized carbons (Fsp3) is 0.222. The summed E-state index contributed by atoms with van der Waals surface area (Å²) in [6, 6.07) is 11.7. The van der Waals surface area contributed by atoms with Gasteiger partial charge in [-0.25, -0.2) is 13.8 Å². The second kappa shape index (κ2) is 8.01. The van der Waals surface area contributed by atoms with E-state index in [4.69, 9.17) is 0 Å². The molecule has 0 saturated carbocycles. The smallest absolute Gasteiger partial charge is 0.260 e. The topological polar surface area (TPSA) is 99.1 Å². The standard InChI is InChI=1S/C18H21N3O4S/c1-13-8-9-16(10-14(13)2)21(26(3,24)25)12-18(23)20-19-11-15-6-4-5-7-17(15)22/h4-11,22H,12H2,1-3H3,(H,20,23)/b19-11-. The number of phenolic OH excluding ortho intramolecular Hbond substituents is 1. The highest BCUT2D eigenvalue weighted by Crippen LogP contribution is 2.21. The molecule has 0 spiro atoms. The van der Waals surface area contributed by atoms with Crippen LogP contribution in [0.5, 0.6) is 5.75 Å². The predicted molar refractivity (Wildman–Crippen MR) is 102 cm³/mol. The lowest BCUT2D eigenvalue weighted by Gasteiger charge is -2.22. The molecule has 2 aromatic rings. The molecule has 8 heteroatoms. The summed E-state index contributed by atoms with van der Waals surface area (Å²) in [5, 5.41) is 13.4. The van der Waals surface area contributed by atoms with E-state index in [0.717, 1.165) is 21.7 Å². The number of nitrogens with zero attached hydrogens (tertiary/aromatic N) is 2. The van der Waals surface area contributed by atoms with E-state index < -0.39 is 22.5 Å². The molecular formula is C18H21N3O4S. The number of carbonyl (C=O) groups is 1. The lowest BCUT2D eigenvalue weighted by atomic mass is 10.1. The van der Waals surface area contributed by atoms with Crippen LogP contribution in [0, 0.1) is 13.8 Å². The summed E-state index contributed by atoms with van der Waals surface area (Å²) < 4.78 is 25.2. The molecule has 26 heavy (non-hydrogen) atoms. The number of hydrogen-bond acceptors (Lipinski definition) is 5. The summed E-state index contributed by atoms with van der Waals surface area (Å²) in [6.45, 7) is 3.39. The van der Waals surface area contributed by atoms with Gasteiger partial charge in [0, 0.05) is 5.56 Å². The van der Waals surface area contributed by atoms with Crippen molar-refractivity contribution in [1.29, 1.82) is 0 Å². The van der Waals surface area contributed by atoms with Crippen LogP contribution in [0.2, 0.25) is 0 Å². The van der Waals surface area contributed by atoms with Crippen molar-refractivity contribution in [2.75, 3.05) is 17.1 Å². The monoisotopic (exact) mass is 375 g/mol. The molecule has 0 heterocycles. The predicted octanol–water partition coefficient (Wildman–Crippen LogP) is 1.93. The first-order valence-corrected chi connectivity index (χ1v) is 9.68. The highest BCUT2D eigenvalue weighted by atomic mass is 32.2. The van der Waals surface area contributed by atoms with Crippen molar-refractivity contribution in [3.05, 3.63) is 59.2 Å². The number of hydrazone groups is 1. The van der Waals surface area contributed by atoms with Crippen molar-refractivity contribution in [2.24, 2.45) is 5.10 Å². The molecule has 0 radical (unpaired) electrons. The highest BCUT2D eigenvalue weighted by molar-refractivity contribution is 7.92. The maximum absolute atomic E-state index is 12.1. The van der Waals surface area contributed by atoms with Gasteiger partial charge >= 0.3 is 0 Å². The first-order chi connectivity index (χ1) is 12.2. The van der Waals surface area contributed by atoms with Gasteiger partial charge in [0.1, 0.15) is 12.3 Å². The molecule has 0 aliphatic carbocycles. The quantitative estimate of drug-likeness (QED) is 0.595. The molecule has 0 fully saturated rings. The van der Waals surface area contributed by atoms with Crippen LogP contribution in [0.25, 0.3) is 0 Å². The van der Waals surface area contributed by atoms with Crippen molar-refractivity contribution in [2.45, 2.75) is 13.8 Å². The Morgan fingerprint density at radius 2 is 1.88 bits per heavy atom. The number of para-hydroxylation sites is 1. The third-order valence-corrected chi connectivity index (χ3v) is 4.94.